The van der Waals surface area contributed by atoms with Crippen molar-refractivity contribution in [2.24, 2.45) is 0 Å². The molecule has 0 spiro atoms. The van der Waals surface area contributed by atoms with Crippen molar-refractivity contribution >= 4 is 19.7 Å². The minimum atomic E-state index is -3.74. The van der Waals surface area contributed by atoms with E-state index in [1.54, 1.807) is 44.2 Å². The molecule has 22 heavy (non-hydrogen) atoms. The normalized spacial score (nSPS) is 19.8. The molecule has 0 bridgehead atoms. The molecule has 0 radical (unpaired) electrons. The molecule has 0 aromatic heterocycles. The van der Waals surface area contributed by atoms with Gasteiger partial charge in [-0.15, -0.1) is 0 Å². The summed E-state index contributed by atoms with van der Waals surface area (Å²) >= 11 is 0. The van der Waals surface area contributed by atoms with E-state index >= 15 is 0 Å². The SMILES string of the molecule is Cc1ccc(C)c2c1C(S(=O)(=O)c1ccccc1)CS2(=O)=O. The maximum absolute atomic E-state index is 12.9. The van der Waals surface area contributed by atoms with Crippen molar-refractivity contribution in [2.45, 2.75) is 28.9 Å². The van der Waals surface area contributed by atoms with Crippen LogP contribution in [-0.4, -0.2) is 22.6 Å². The van der Waals surface area contributed by atoms with Gasteiger partial charge in [0.15, 0.2) is 19.7 Å². The van der Waals surface area contributed by atoms with Crippen LogP contribution in [0.25, 0.3) is 0 Å². The molecular weight excluding hydrogens is 320 g/mol. The Morgan fingerprint density at radius 3 is 2.18 bits per heavy atom. The van der Waals surface area contributed by atoms with Gasteiger partial charge in [-0.25, -0.2) is 16.8 Å². The van der Waals surface area contributed by atoms with Crippen LogP contribution < -0.4 is 0 Å². The molecule has 0 amide bonds. The van der Waals surface area contributed by atoms with Crippen LogP contribution >= 0.6 is 0 Å². The second-order valence-corrected chi connectivity index (χ2v) is 9.67. The number of hydrogen-bond donors (Lipinski definition) is 0. The van der Waals surface area contributed by atoms with Crippen molar-refractivity contribution in [3.63, 3.8) is 0 Å². The molecule has 3 rings (SSSR count). The van der Waals surface area contributed by atoms with Crippen molar-refractivity contribution in [1.29, 1.82) is 0 Å². The smallest absolute Gasteiger partial charge is 0.186 e. The van der Waals surface area contributed by atoms with Crippen molar-refractivity contribution in [3.05, 3.63) is 59.2 Å². The fourth-order valence-electron chi connectivity index (χ4n) is 3.01. The van der Waals surface area contributed by atoms with Crippen molar-refractivity contribution < 1.29 is 16.8 Å². The number of benzene rings is 2. The molecule has 1 aliphatic rings. The van der Waals surface area contributed by atoms with Gasteiger partial charge in [0.2, 0.25) is 0 Å². The second kappa shape index (κ2) is 4.93. The molecule has 1 aliphatic heterocycles. The summed E-state index contributed by atoms with van der Waals surface area (Å²) in [7, 11) is -7.32. The maximum atomic E-state index is 12.9. The van der Waals surface area contributed by atoms with Crippen LogP contribution in [0.4, 0.5) is 0 Å². The molecule has 2 aromatic rings. The topological polar surface area (TPSA) is 68.3 Å². The molecule has 0 saturated carbocycles. The summed E-state index contributed by atoms with van der Waals surface area (Å²) in [6, 6.07) is 11.5. The van der Waals surface area contributed by atoms with E-state index in [1.807, 2.05) is 0 Å². The first-order valence-corrected chi connectivity index (χ1v) is 10.1. The van der Waals surface area contributed by atoms with E-state index in [2.05, 4.69) is 0 Å². The Morgan fingerprint density at radius 1 is 0.955 bits per heavy atom. The Morgan fingerprint density at radius 2 is 1.55 bits per heavy atom. The van der Waals surface area contributed by atoms with Crippen LogP contribution in [0, 0.1) is 13.8 Å². The summed E-state index contributed by atoms with van der Waals surface area (Å²) in [5, 5.41) is -1.03. The Balaban J connectivity index is 2.28. The first-order chi connectivity index (χ1) is 10.2. The minimum Gasteiger partial charge on any atom is -0.224 e. The van der Waals surface area contributed by atoms with Crippen molar-refractivity contribution in [2.75, 3.05) is 5.75 Å². The summed E-state index contributed by atoms with van der Waals surface area (Å²) in [5.41, 5.74) is 1.74. The molecule has 4 nitrogen and oxygen atoms in total. The first-order valence-electron chi connectivity index (χ1n) is 6.87. The summed E-state index contributed by atoms with van der Waals surface area (Å²) < 4.78 is 50.7. The predicted molar refractivity (Wildman–Crippen MR) is 84.3 cm³/mol. The molecule has 0 fully saturated rings. The number of aryl methyl sites for hydroxylation is 2. The Hall–Kier alpha value is -1.66. The molecular formula is C16H16O4S2. The number of fused-ring (bicyclic) bond motifs is 1. The molecule has 1 unspecified atom stereocenters. The number of rotatable bonds is 2. The third kappa shape index (κ3) is 2.18. The van der Waals surface area contributed by atoms with E-state index in [9.17, 15) is 16.8 Å². The summed E-state index contributed by atoms with van der Waals surface area (Å²) in [5.74, 6) is -0.384. The summed E-state index contributed by atoms with van der Waals surface area (Å²) in [6.45, 7) is 3.46. The highest BCUT2D eigenvalue weighted by Crippen LogP contribution is 2.44. The van der Waals surface area contributed by atoms with Crippen LogP contribution in [0.2, 0.25) is 0 Å². The molecule has 0 saturated heterocycles. The third-order valence-electron chi connectivity index (χ3n) is 4.06. The van der Waals surface area contributed by atoms with Gasteiger partial charge in [-0.2, -0.15) is 0 Å². The average molecular weight is 336 g/mol. The monoisotopic (exact) mass is 336 g/mol. The van der Waals surface area contributed by atoms with Crippen molar-refractivity contribution in [3.8, 4) is 0 Å². The largest absolute Gasteiger partial charge is 0.224 e. The van der Waals surface area contributed by atoms with Crippen LogP contribution in [0.3, 0.4) is 0 Å². The Labute approximate surface area is 130 Å². The Bertz CT molecular complexity index is 943. The zero-order valence-electron chi connectivity index (χ0n) is 12.3. The lowest BCUT2D eigenvalue weighted by Gasteiger charge is -2.14. The van der Waals surface area contributed by atoms with Crippen LogP contribution in [0.1, 0.15) is 21.9 Å². The van der Waals surface area contributed by atoms with Gasteiger partial charge in [-0.1, -0.05) is 30.3 Å². The number of sulfone groups is 2. The van der Waals surface area contributed by atoms with E-state index in [4.69, 9.17) is 0 Å². The fourth-order valence-corrected chi connectivity index (χ4v) is 7.74. The Kier molecular flexibility index (Phi) is 3.41. The van der Waals surface area contributed by atoms with Gasteiger partial charge in [-0.05, 0) is 42.7 Å². The average Bonchev–Trinajstić information content (AvgIpc) is 2.78. The van der Waals surface area contributed by atoms with Gasteiger partial charge >= 0.3 is 0 Å². The lowest BCUT2D eigenvalue weighted by atomic mass is 10.0. The fraction of sp³-hybridized carbons (Fsp3) is 0.250. The lowest BCUT2D eigenvalue weighted by molar-refractivity contribution is 0.582. The quantitative estimate of drug-likeness (QED) is 0.845. The second-order valence-electron chi connectivity index (χ2n) is 5.57. The molecule has 2 aromatic carbocycles. The van der Waals surface area contributed by atoms with Crippen LogP contribution in [-0.2, 0) is 19.7 Å². The summed E-state index contributed by atoms with van der Waals surface area (Å²) in [6.07, 6.45) is 0. The van der Waals surface area contributed by atoms with Crippen molar-refractivity contribution in [1.82, 2.24) is 0 Å². The molecule has 1 atom stereocenters. The molecule has 0 N–H and O–H groups in total. The van der Waals surface area contributed by atoms with E-state index in [1.165, 1.54) is 12.1 Å². The molecule has 6 heteroatoms. The first kappa shape index (κ1) is 15.2. The third-order valence-corrected chi connectivity index (χ3v) is 8.29. The predicted octanol–water partition coefficient (Wildman–Crippen LogP) is 2.61. The van der Waals surface area contributed by atoms with Gasteiger partial charge in [0.1, 0.15) is 5.25 Å². The molecule has 0 aliphatic carbocycles. The van der Waals surface area contributed by atoms with Gasteiger partial charge in [0.05, 0.1) is 15.5 Å². The van der Waals surface area contributed by atoms with Gasteiger partial charge < -0.3 is 0 Å². The van der Waals surface area contributed by atoms with Crippen LogP contribution in [0.15, 0.2) is 52.3 Å². The zero-order chi connectivity index (χ0) is 16.1. The van der Waals surface area contributed by atoms with Gasteiger partial charge in [0, 0.05) is 0 Å². The maximum Gasteiger partial charge on any atom is 0.186 e. The van der Waals surface area contributed by atoms with E-state index in [0.717, 1.165) is 0 Å². The highest BCUT2D eigenvalue weighted by atomic mass is 32.2. The van der Waals surface area contributed by atoms with Crippen LogP contribution in [0.5, 0.6) is 0 Å². The highest BCUT2D eigenvalue weighted by Gasteiger charge is 2.44. The van der Waals surface area contributed by atoms with E-state index in [0.29, 0.717) is 16.7 Å². The summed E-state index contributed by atoms with van der Waals surface area (Å²) in [4.78, 5) is 0.348. The lowest BCUT2D eigenvalue weighted by Crippen LogP contribution is -2.16. The van der Waals surface area contributed by atoms with Gasteiger partial charge in [0.25, 0.3) is 0 Å². The van der Waals surface area contributed by atoms with Gasteiger partial charge in [-0.3, -0.25) is 0 Å². The van der Waals surface area contributed by atoms with E-state index < -0.39 is 24.9 Å². The minimum absolute atomic E-state index is 0.156. The molecule has 1 heterocycles. The van der Waals surface area contributed by atoms with E-state index in [-0.39, 0.29) is 15.5 Å². The highest BCUT2D eigenvalue weighted by molar-refractivity contribution is 7.96. The zero-order valence-corrected chi connectivity index (χ0v) is 13.9. The number of hydrogen-bond acceptors (Lipinski definition) is 4. The molecule has 116 valence electrons. The standard InChI is InChI=1S/C16H16O4S2/c1-11-8-9-12(2)16-15(11)14(10-21(16,17)18)22(19,20)13-6-4-3-5-7-13/h3-9,14H,10H2,1-2H3.